The van der Waals surface area contributed by atoms with Crippen molar-refractivity contribution < 1.29 is 9.59 Å². The van der Waals surface area contributed by atoms with Crippen molar-refractivity contribution in [2.24, 2.45) is 11.1 Å². The Hall–Kier alpha value is -1.10. The minimum Gasteiger partial charge on any atom is -0.359 e. The highest BCUT2D eigenvalue weighted by Crippen LogP contribution is 2.30. The molecule has 0 aromatic carbocycles. The van der Waals surface area contributed by atoms with Crippen LogP contribution in [-0.2, 0) is 9.59 Å². The maximum absolute atomic E-state index is 12.0. The van der Waals surface area contributed by atoms with Gasteiger partial charge in [0, 0.05) is 20.1 Å². The third-order valence-corrected chi connectivity index (χ3v) is 3.48. The highest BCUT2D eigenvalue weighted by Gasteiger charge is 2.42. The van der Waals surface area contributed by atoms with Crippen LogP contribution in [0.2, 0.25) is 0 Å². The lowest BCUT2D eigenvalue weighted by molar-refractivity contribution is -0.133. The predicted molar refractivity (Wildman–Crippen MR) is 66.3 cm³/mol. The van der Waals surface area contributed by atoms with E-state index in [1.165, 1.54) is 0 Å². The van der Waals surface area contributed by atoms with Gasteiger partial charge in [-0.15, -0.1) is 0 Å². The summed E-state index contributed by atoms with van der Waals surface area (Å²) in [7, 11) is 1.63. The summed E-state index contributed by atoms with van der Waals surface area (Å²) in [6.07, 6.45) is 2.30. The Bertz CT molecular complexity index is 306. The molecule has 1 unspecified atom stereocenters. The molecule has 0 radical (unpaired) electrons. The van der Waals surface area contributed by atoms with Crippen molar-refractivity contribution in [3.8, 4) is 0 Å². The number of carbonyl (C=O) groups is 2. The van der Waals surface area contributed by atoms with E-state index in [4.69, 9.17) is 5.73 Å². The summed E-state index contributed by atoms with van der Waals surface area (Å²) >= 11 is 0. The van der Waals surface area contributed by atoms with Crippen LogP contribution in [-0.4, -0.2) is 42.9 Å². The first-order valence-electron chi connectivity index (χ1n) is 6.21. The van der Waals surface area contributed by atoms with Crippen LogP contribution in [0.15, 0.2) is 0 Å². The molecule has 1 fully saturated rings. The standard InChI is InChI=1S/C12H23N3O2/c1-4-5-9(13)10(16)15-7-6-12(2,8-15)11(17)14-3/h9H,4-8,13H2,1-3H3,(H,14,17)/t9-,12?/m0/s1. The lowest BCUT2D eigenvalue weighted by Crippen LogP contribution is -2.45. The van der Waals surface area contributed by atoms with Gasteiger partial charge in [-0.25, -0.2) is 0 Å². The molecule has 1 saturated heterocycles. The second-order valence-corrected chi connectivity index (χ2v) is 5.04. The van der Waals surface area contributed by atoms with E-state index in [0.29, 0.717) is 25.9 Å². The van der Waals surface area contributed by atoms with Gasteiger partial charge in [-0.1, -0.05) is 13.3 Å². The van der Waals surface area contributed by atoms with E-state index in [1.54, 1.807) is 11.9 Å². The summed E-state index contributed by atoms with van der Waals surface area (Å²) in [6, 6.07) is -0.424. The highest BCUT2D eigenvalue weighted by molar-refractivity contribution is 5.86. The van der Waals surface area contributed by atoms with E-state index in [-0.39, 0.29) is 11.8 Å². The van der Waals surface area contributed by atoms with E-state index in [2.05, 4.69) is 5.32 Å². The number of rotatable bonds is 4. The van der Waals surface area contributed by atoms with Gasteiger partial charge < -0.3 is 16.0 Å². The normalized spacial score (nSPS) is 25.8. The number of amides is 2. The van der Waals surface area contributed by atoms with Crippen LogP contribution in [0.3, 0.4) is 0 Å². The molecule has 0 aromatic heterocycles. The van der Waals surface area contributed by atoms with Crippen LogP contribution in [0, 0.1) is 5.41 Å². The molecule has 98 valence electrons. The largest absolute Gasteiger partial charge is 0.359 e. The van der Waals surface area contributed by atoms with Gasteiger partial charge in [0.1, 0.15) is 0 Å². The molecule has 0 bridgehead atoms. The van der Waals surface area contributed by atoms with Gasteiger partial charge in [0.2, 0.25) is 11.8 Å². The Kier molecular flexibility index (Phi) is 4.51. The van der Waals surface area contributed by atoms with Crippen LogP contribution in [0.5, 0.6) is 0 Å². The molecule has 1 aliphatic heterocycles. The number of likely N-dealkylation sites (tertiary alicyclic amines) is 1. The van der Waals surface area contributed by atoms with E-state index in [0.717, 1.165) is 6.42 Å². The minimum atomic E-state index is -0.462. The van der Waals surface area contributed by atoms with E-state index < -0.39 is 11.5 Å². The van der Waals surface area contributed by atoms with Gasteiger partial charge >= 0.3 is 0 Å². The van der Waals surface area contributed by atoms with Crippen molar-refractivity contribution in [2.45, 2.75) is 39.2 Å². The average Bonchev–Trinajstić information content (AvgIpc) is 2.71. The summed E-state index contributed by atoms with van der Waals surface area (Å²) in [4.78, 5) is 25.4. The zero-order valence-corrected chi connectivity index (χ0v) is 11.0. The van der Waals surface area contributed by atoms with Crippen molar-refractivity contribution >= 4 is 11.8 Å². The summed E-state index contributed by atoms with van der Waals surface area (Å²) in [5.41, 5.74) is 5.35. The van der Waals surface area contributed by atoms with Gasteiger partial charge in [0.05, 0.1) is 11.5 Å². The average molecular weight is 241 g/mol. The Labute approximate surface area is 103 Å². The summed E-state index contributed by atoms with van der Waals surface area (Å²) in [5, 5.41) is 2.65. The molecule has 5 heteroatoms. The smallest absolute Gasteiger partial charge is 0.239 e. The molecule has 0 aromatic rings. The van der Waals surface area contributed by atoms with Crippen molar-refractivity contribution in [1.29, 1.82) is 0 Å². The van der Waals surface area contributed by atoms with Crippen molar-refractivity contribution in [3.05, 3.63) is 0 Å². The summed E-state index contributed by atoms with van der Waals surface area (Å²) < 4.78 is 0. The first-order valence-corrected chi connectivity index (χ1v) is 6.21. The lowest BCUT2D eigenvalue weighted by Gasteiger charge is -2.24. The number of hydrogen-bond donors (Lipinski definition) is 2. The van der Waals surface area contributed by atoms with Crippen molar-refractivity contribution in [1.82, 2.24) is 10.2 Å². The Morgan fingerprint density at radius 1 is 1.53 bits per heavy atom. The topological polar surface area (TPSA) is 75.4 Å². The minimum absolute atomic E-state index is 0.00290. The molecule has 5 nitrogen and oxygen atoms in total. The van der Waals surface area contributed by atoms with Gasteiger partial charge in [0.25, 0.3) is 0 Å². The molecule has 2 amide bonds. The highest BCUT2D eigenvalue weighted by atomic mass is 16.2. The third kappa shape index (κ3) is 2.97. The maximum Gasteiger partial charge on any atom is 0.239 e. The Morgan fingerprint density at radius 2 is 2.18 bits per heavy atom. The molecular weight excluding hydrogens is 218 g/mol. The molecule has 1 heterocycles. The van der Waals surface area contributed by atoms with Gasteiger partial charge in [-0.2, -0.15) is 0 Å². The van der Waals surface area contributed by atoms with Crippen LogP contribution in [0.1, 0.15) is 33.1 Å². The number of nitrogens with one attached hydrogen (secondary N) is 1. The summed E-state index contributed by atoms with van der Waals surface area (Å²) in [6.45, 7) is 5.00. The molecule has 1 aliphatic rings. The van der Waals surface area contributed by atoms with E-state index in [9.17, 15) is 9.59 Å². The SMILES string of the molecule is CCC[C@H](N)C(=O)N1CCC(C)(C(=O)NC)C1. The molecule has 17 heavy (non-hydrogen) atoms. The monoisotopic (exact) mass is 241 g/mol. The zero-order chi connectivity index (χ0) is 13.1. The zero-order valence-electron chi connectivity index (χ0n) is 11.0. The first-order chi connectivity index (χ1) is 7.94. The third-order valence-electron chi connectivity index (χ3n) is 3.48. The van der Waals surface area contributed by atoms with Crippen molar-refractivity contribution in [2.75, 3.05) is 20.1 Å². The number of nitrogens with zero attached hydrogens (tertiary/aromatic N) is 1. The van der Waals surface area contributed by atoms with Crippen molar-refractivity contribution in [3.63, 3.8) is 0 Å². The quantitative estimate of drug-likeness (QED) is 0.733. The van der Waals surface area contributed by atoms with E-state index in [1.807, 2.05) is 13.8 Å². The number of nitrogens with two attached hydrogens (primary N) is 1. The molecule has 0 spiro atoms. The molecule has 0 aliphatic carbocycles. The predicted octanol–water partition coefficient (Wildman–Crippen LogP) is 0.0984. The Balaban J connectivity index is 2.61. The molecule has 1 rings (SSSR count). The molecule has 2 atom stereocenters. The van der Waals surface area contributed by atoms with Gasteiger partial charge in [-0.05, 0) is 19.8 Å². The Morgan fingerprint density at radius 3 is 2.71 bits per heavy atom. The second-order valence-electron chi connectivity index (χ2n) is 5.04. The lowest BCUT2D eigenvalue weighted by atomic mass is 9.89. The molecular formula is C12H23N3O2. The van der Waals surface area contributed by atoms with Crippen LogP contribution in [0.4, 0.5) is 0 Å². The fourth-order valence-electron chi connectivity index (χ4n) is 2.31. The van der Waals surface area contributed by atoms with Crippen LogP contribution < -0.4 is 11.1 Å². The number of hydrogen-bond acceptors (Lipinski definition) is 3. The fourth-order valence-corrected chi connectivity index (χ4v) is 2.31. The molecule has 3 N–H and O–H groups in total. The van der Waals surface area contributed by atoms with Gasteiger partial charge in [0.15, 0.2) is 0 Å². The second kappa shape index (κ2) is 5.49. The number of carbonyl (C=O) groups excluding carboxylic acids is 2. The summed E-state index contributed by atoms with van der Waals surface area (Å²) in [5.74, 6) is -0.0312. The van der Waals surface area contributed by atoms with E-state index >= 15 is 0 Å². The molecule has 0 saturated carbocycles. The van der Waals surface area contributed by atoms with Crippen LogP contribution >= 0.6 is 0 Å². The first kappa shape index (κ1) is 14.0. The van der Waals surface area contributed by atoms with Crippen LogP contribution in [0.25, 0.3) is 0 Å². The van der Waals surface area contributed by atoms with Gasteiger partial charge in [-0.3, -0.25) is 9.59 Å². The fraction of sp³-hybridized carbons (Fsp3) is 0.833. The maximum atomic E-state index is 12.0.